The summed E-state index contributed by atoms with van der Waals surface area (Å²) in [6.45, 7) is 1.89. The van der Waals surface area contributed by atoms with Gasteiger partial charge in [-0.25, -0.2) is 0 Å². The molecule has 0 saturated carbocycles. The molecular weight excluding hydrogens is 170 g/mol. The maximum Gasteiger partial charge on any atom is 1.00 e. The van der Waals surface area contributed by atoms with Crippen LogP contribution in [0.15, 0.2) is 0 Å². The second kappa shape index (κ2) is 10.8. The molecular formula is C5H8Na2O2S. The maximum absolute atomic E-state index is 9.87. The van der Waals surface area contributed by atoms with E-state index in [2.05, 4.69) is 12.6 Å². The Morgan fingerprint density at radius 1 is 1.60 bits per heavy atom. The molecule has 0 bridgehead atoms. The molecule has 0 spiro atoms. The molecule has 0 amide bonds. The molecule has 0 saturated heterocycles. The van der Waals surface area contributed by atoms with E-state index in [4.69, 9.17) is 0 Å². The van der Waals surface area contributed by atoms with Crippen molar-refractivity contribution < 1.29 is 69.0 Å². The van der Waals surface area contributed by atoms with Crippen molar-refractivity contribution in [1.29, 1.82) is 0 Å². The molecule has 0 aromatic carbocycles. The third-order valence-electron chi connectivity index (χ3n) is 0.814. The largest absolute Gasteiger partial charge is 1.00 e. The summed E-state index contributed by atoms with van der Waals surface area (Å²) >= 11 is 4.50. The molecule has 0 aliphatic rings. The van der Waals surface area contributed by atoms with Crippen LogP contribution in [0, 0.1) is 0 Å². The van der Waals surface area contributed by atoms with E-state index in [1.807, 2.05) is 6.92 Å². The Morgan fingerprint density at radius 2 is 2.00 bits per heavy atom. The van der Waals surface area contributed by atoms with Crippen molar-refractivity contribution in [3.63, 3.8) is 0 Å². The number of carboxylic acids is 1. The van der Waals surface area contributed by atoms with Gasteiger partial charge in [0.1, 0.15) is 0 Å². The van der Waals surface area contributed by atoms with Gasteiger partial charge in [-0.1, -0.05) is 19.8 Å². The first-order valence-electron chi connectivity index (χ1n) is 2.55. The molecule has 0 aliphatic carbocycles. The van der Waals surface area contributed by atoms with Crippen LogP contribution in [-0.2, 0) is 17.4 Å². The Bertz CT molecular complexity index is 89.7. The Balaban J connectivity index is -0.000000245. The Labute approximate surface area is 111 Å². The van der Waals surface area contributed by atoms with Gasteiger partial charge in [0.2, 0.25) is 0 Å². The van der Waals surface area contributed by atoms with Crippen LogP contribution in [-0.4, -0.2) is 11.2 Å². The molecule has 10 heavy (non-hydrogen) atoms. The van der Waals surface area contributed by atoms with Gasteiger partial charge in [-0.05, 0) is 0 Å². The van der Waals surface area contributed by atoms with E-state index in [0.717, 1.165) is 6.42 Å². The smallest absolute Gasteiger partial charge is 0.783 e. The van der Waals surface area contributed by atoms with Crippen LogP contribution < -0.4 is 64.2 Å². The molecule has 1 atom stereocenters. The zero-order valence-electron chi connectivity index (χ0n) is 6.72. The van der Waals surface area contributed by atoms with Crippen molar-refractivity contribution in [2.24, 2.45) is 0 Å². The van der Waals surface area contributed by atoms with Crippen LogP contribution >= 0.6 is 0 Å². The molecule has 48 valence electrons. The third-order valence-corrected chi connectivity index (χ3v) is 1.24. The first kappa shape index (κ1) is 17.8. The van der Waals surface area contributed by atoms with Gasteiger partial charge in [0.05, 0.1) is 0 Å². The van der Waals surface area contributed by atoms with Crippen molar-refractivity contribution in [2.45, 2.75) is 25.0 Å². The van der Waals surface area contributed by atoms with Gasteiger partial charge < -0.3 is 22.5 Å². The second-order valence-electron chi connectivity index (χ2n) is 1.60. The fourth-order valence-corrected chi connectivity index (χ4v) is 0.616. The van der Waals surface area contributed by atoms with Gasteiger partial charge >= 0.3 is 59.1 Å². The number of hydrogen-bond donors (Lipinski definition) is 0. The van der Waals surface area contributed by atoms with Crippen LogP contribution in [0.25, 0.3) is 0 Å². The standard InChI is InChI=1S/C5H10O2S.2Na/c1-2-3-4(8)5(6)7;;/h4,8H,2-3H2,1H3,(H,6,7);;/q;2*+1/p-2/t4-;;/m0../s1. The minimum atomic E-state index is -1.12. The minimum Gasteiger partial charge on any atom is -0.783 e. The normalized spacial score (nSPS) is 10.6. The second-order valence-corrected chi connectivity index (χ2v) is 2.17. The molecule has 0 aromatic heterocycles. The summed E-state index contributed by atoms with van der Waals surface area (Å²) in [4.78, 5) is 9.87. The molecule has 5 heteroatoms. The average molecular weight is 178 g/mol. The summed E-state index contributed by atoms with van der Waals surface area (Å²) in [5.41, 5.74) is 0. The van der Waals surface area contributed by atoms with Gasteiger partial charge in [-0.2, -0.15) is 0 Å². The van der Waals surface area contributed by atoms with E-state index in [1.165, 1.54) is 0 Å². The Kier molecular flexibility index (Phi) is 19.2. The maximum atomic E-state index is 9.87. The fraction of sp³-hybridized carbons (Fsp3) is 0.800. The van der Waals surface area contributed by atoms with E-state index in [9.17, 15) is 9.90 Å². The molecule has 0 N–H and O–H groups in total. The van der Waals surface area contributed by atoms with E-state index >= 15 is 0 Å². The topological polar surface area (TPSA) is 40.1 Å². The van der Waals surface area contributed by atoms with Crippen molar-refractivity contribution in [2.75, 3.05) is 0 Å². The van der Waals surface area contributed by atoms with Gasteiger partial charge in [-0.3, -0.25) is 0 Å². The first-order chi connectivity index (χ1) is 3.68. The van der Waals surface area contributed by atoms with Crippen LogP contribution in [0.3, 0.4) is 0 Å². The number of hydrogen-bond acceptors (Lipinski definition) is 3. The van der Waals surface area contributed by atoms with Crippen molar-refractivity contribution in [3.05, 3.63) is 0 Å². The minimum absolute atomic E-state index is 0. The SMILES string of the molecule is CCC[C@H]([S-])C(=O)[O-].[Na+].[Na+]. The van der Waals surface area contributed by atoms with Gasteiger partial charge in [0, 0.05) is 5.97 Å². The number of rotatable bonds is 3. The molecule has 0 aromatic rings. The predicted octanol–water partition coefficient (Wildman–Crippen LogP) is -6.54. The van der Waals surface area contributed by atoms with Gasteiger partial charge in [-0.15, -0.1) is 5.25 Å². The van der Waals surface area contributed by atoms with Gasteiger partial charge in [0.15, 0.2) is 0 Å². The average Bonchev–Trinajstić information content (AvgIpc) is 1.67. The van der Waals surface area contributed by atoms with Crippen molar-refractivity contribution >= 4 is 18.6 Å². The molecule has 0 unspecified atom stereocenters. The fourth-order valence-electron chi connectivity index (χ4n) is 0.380. The monoisotopic (exact) mass is 178 g/mol. The predicted molar refractivity (Wildman–Crippen MR) is 31.1 cm³/mol. The van der Waals surface area contributed by atoms with Crippen LogP contribution in [0.2, 0.25) is 0 Å². The number of carboxylic acid groups (broad SMARTS) is 1. The molecule has 2 nitrogen and oxygen atoms in total. The zero-order valence-corrected chi connectivity index (χ0v) is 11.5. The molecule has 0 radical (unpaired) electrons. The third kappa shape index (κ3) is 9.82. The quantitative estimate of drug-likeness (QED) is 0.319. The summed E-state index contributed by atoms with van der Waals surface area (Å²) in [5.74, 6) is -1.12. The molecule has 0 heterocycles. The Hall–Kier alpha value is 1.82. The summed E-state index contributed by atoms with van der Waals surface area (Å²) in [7, 11) is 0. The Morgan fingerprint density at radius 3 is 2.10 bits per heavy atom. The van der Waals surface area contributed by atoms with E-state index in [1.54, 1.807) is 0 Å². The zero-order chi connectivity index (χ0) is 6.57. The molecule has 0 rings (SSSR count). The summed E-state index contributed by atoms with van der Waals surface area (Å²) in [6.07, 6.45) is 1.35. The van der Waals surface area contributed by atoms with Crippen LogP contribution in [0.1, 0.15) is 19.8 Å². The van der Waals surface area contributed by atoms with E-state index < -0.39 is 11.2 Å². The molecule has 0 aliphatic heterocycles. The van der Waals surface area contributed by atoms with E-state index in [-0.39, 0.29) is 59.1 Å². The summed E-state index contributed by atoms with van der Waals surface area (Å²) < 4.78 is 0. The number of carbonyl (C=O) groups excluding carboxylic acids is 1. The molecule has 0 fully saturated rings. The number of aliphatic carboxylic acids is 1. The van der Waals surface area contributed by atoms with Crippen LogP contribution in [0.4, 0.5) is 0 Å². The summed E-state index contributed by atoms with van der Waals surface area (Å²) in [5, 5.41) is 9.18. The van der Waals surface area contributed by atoms with Crippen molar-refractivity contribution in [1.82, 2.24) is 0 Å². The van der Waals surface area contributed by atoms with Gasteiger partial charge in [0.25, 0.3) is 0 Å². The van der Waals surface area contributed by atoms with E-state index in [0.29, 0.717) is 6.42 Å². The first-order valence-corrected chi connectivity index (χ1v) is 3.02. The van der Waals surface area contributed by atoms with Crippen LogP contribution in [0.5, 0.6) is 0 Å². The summed E-state index contributed by atoms with van der Waals surface area (Å²) in [6, 6.07) is 0. The number of carbonyl (C=O) groups is 1. The van der Waals surface area contributed by atoms with Crippen molar-refractivity contribution in [3.8, 4) is 0 Å².